The van der Waals surface area contributed by atoms with Gasteiger partial charge in [0.05, 0.1) is 6.10 Å². The van der Waals surface area contributed by atoms with Gasteiger partial charge in [0.1, 0.15) is 0 Å². The molecular formula is C30H33NO2. The SMILES string of the molecule is Cc1ncccc1CC(=O)c1ccc2c(c1)CCC[C@H]1C[C@H](O)CC[C@@]21Cc1ccccc1. The van der Waals surface area contributed by atoms with E-state index in [1.165, 1.54) is 16.7 Å². The Morgan fingerprint density at radius 3 is 2.76 bits per heavy atom. The first-order chi connectivity index (χ1) is 16.0. The van der Waals surface area contributed by atoms with Crippen LogP contribution in [0, 0.1) is 12.8 Å². The van der Waals surface area contributed by atoms with Gasteiger partial charge >= 0.3 is 0 Å². The summed E-state index contributed by atoms with van der Waals surface area (Å²) in [4.78, 5) is 17.5. The molecule has 0 amide bonds. The van der Waals surface area contributed by atoms with E-state index in [0.717, 1.165) is 61.8 Å². The lowest BCUT2D eigenvalue weighted by atomic mass is 9.58. The Kier molecular flexibility index (Phi) is 6.16. The molecule has 2 aromatic carbocycles. The Labute approximate surface area is 196 Å². The lowest BCUT2D eigenvalue weighted by Crippen LogP contribution is -2.43. The van der Waals surface area contributed by atoms with E-state index < -0.39 is 0 Å². The van der Waals surface area contributed by atoms with E-state index in [9.17, 15) is 9.90 Å². The minimum Gasteiger partial charge on any atom is -0.393 e. The highest BCUT2D eigenvalue weighted by atomic mass is 16.3. The van der Waals surface area contributed by atoms with Gasteiger partial charge in [0.15, 0.2) is 5.78 Å². The molecule has 170 valence electrons. The molecule has 3 aromatic rings. The van der Waals surface area contributed by atoms with E-state index in [0.29, 0.717) is 12.3 Å². The quantitative estimate of drug-likeness (QED) is 0.512. The predicted octanol–water partition coefficient (Wildman–Crippen LogP) is 5.79. The Hall–Kier alpha value is -2.78. The number of carbonyl (C=O) groups excluding carboxylic acids is 1. The van der Waals surface area contributed by atoms with Gasteiger partial charge in [0.25, 0.3) is 0 Å². The second-order valence-electron chi connectivity index (χ2n) is 10.1. The number of pyridine rings is 1. The molecule has 3 nitrogen and oxygen atoms in total. The van der Waals surface area contributed by atoms with Crippen LogP contribution < -0.4 is 0 Å². The molecular weight excluding hydrogens is 406 g/mol. The van der Waals surface area contributed by atoms with Crippen LogP contribution >= 0.6 is 0 Å². The molecule has 1 fully saturated rings. The van der Waals surface area contributed by atoms with Crippen molar-refractivity contribution < 1.29 is 9.90 Å². The average molecular weight is 440 g/mol. The number of rotatable bonds is 5. The first-order valence-corrected chi connectivity index (χ1v) is 12.3. The van der Waals surface area contributed by atoms with Crippen molar-refractivity contribution in [3.8, 4) is 0 Å². The summed E-state index contributed by atoms with van der Waals surface area (Å²) in [7, 11) is 0. The monoisotopic (exact) mass is 439 g/mol. The lowest BCUT2D eigenvalue weighted by Gasteiger charge is -2.46. The van der Waals surface area contributed by atoms with E-state index in [-0.39, 0.29) is 17.3 Å². The first-order valence-electron chi connectivity index (χ1n) is 12.3. The summed E-state index contributed by atoms with van der Waals surface area (Å²) in [5, 5.41) is 10.5. The first kappa shape index (κ1) is 22.0. The fourth-order valence-electron chi connectivity index (χ4n) is 6.32. The van der Waals surface area contributed by atoms with Crippen LogP contribution in [0.2, 0.25) is 0 Å². The van der Waals surface area contributed by atoms with E-state index >= 15 is 0 Å². The van der Waals surface area contributed by atoms with Crippen molar-refractivity contribution in [1.29, 1.82) is 0 Å². The summed E-state index contributed by atoms with van der Waals surface area (Å²) >= 11 is 0. The number of ketones is 1. The number of aliphatic hydroxyl groups excluding tert-OH is 1. The molecule has 5 rings (SSSR count). The van der Waals surface area contributed by atoms with Crippen LogP contribution in [0.3, 0.4) is 0 Å². The van der Waals surface area contributed by atoms with Gasteiger partial charge in [-0.2, -0.15) is 0 Å². The number of aromatic nitrogens is 1. The van der Waals surface area contributed by atoms with Crippen LogP contribution in [0.15, 0.2) is 66.9 Å². The maximum Gasteiger partial charge on any atom is 0.167 e. The van der Waals surface area contributed by atoms with Crippen molar-refractivity contribution in [1.82, 2.24) is 4.98 Å². The highest BCUT2D eigenvalue weighted by Crippen LogP contribution is 2.51. The summed E-state index contributed by atoms with van der Waals surface area (Å²) in [6, 6.07) is 21.1. The number of nitrogens with zero attached hydrogens (tertiary/aromatic N) is 1. The zero-order valence-electron chi connectivity index (χ0n) is 19.5. The van der Waals surface area contributed by atoms with Gasteiger partial charge in [-0.05, 0) is 92.2 Å². The van der Waals surface area contributed by atoms with Gasteiger partial charge in [0.2, 0.25) is 0 Å². The molecule has 1 aromatic heterocycles. The molecule has 0 bridgehead atoms. The third-order valence-corrected chi connectivity index (χ3v) is 8.05. The van der Waals surface area contributed by atoms with Crippen LogP contribution in [0.4, 0.5) is 0 Å². The standard InChI is InChI=1S/C30H33NO2/c1-21-23(10-6-16-31-21)18-29(33)25-12-13-28-24(17-25)9-5-11-26-19-27(32)14-15-30(26,28)20-22-7-3-2-4-8-22/h2-4,6-8,10,12-13,16-17,26-27,32H,5,9,11,14-15,18-20H2,1H3/t26-,27+,30-/m0/s1. The number of benzene rings is 2. The zero-order valence-corrected chi connectivity index (χ0v) is 19.5. The number of aryl methyl sites for hydroxylation is 2. The number of hydrogen-bond donors (Lipinski definition) is 1. The average Bonchev–Trinajstić information content (AvgIpc) is 2.97. The highest BCUT2D eigenvalue weighted by Gasteiger charge is 2.46. The van der Waals surface area contributed by atoms with E-state index in [1.54, 1.807) is 6.20 Å². The molecule has 1 saturated carbocycles. The molecule has 0 unspecified atom stereocenters. The molecule has 3 heteroatoms. The summed E-state index contributed by atoms with van der Waals surface area (Å²) in [6.45, 7) is 1.96. The van der Waals surface area contributed by atoms with Gasteiger partial charge < -0.3 is 5.11 Å². The van der Waals surface area contributed by atoms with Crippen LogP contribution in [0.5, 0.6) is 0 Å². The van der Waals surface area contributed by atoms with E-state index in [2.05, 4.69) is 47.4 Å². The fourth-order valence-corrected chi connectivity index (χ4v) is 6.32. The van der Waals surface area contributed by atoms with Crippen molar-refractivity contribution in [2.24, 2.45) is 5.92 Å². The Bertz CT molecular complexity index is 1140. The van der Waals surface area contributed by atoms with E-state index in [1.807, 2.05) is 25.1 Å². The topological polar surface area (TPSA) is 50.2 Å². The smallest absolute Gasteiger partial charge is 0.167 e. The lowest BCUT2D eigenvalue weighted by molar-refractivity contribution is 0.0468. The van der Waals surface area contributed by atoms with Gasteiger partial charge in [-0.1, -0.05) is 48.5 Å². The summed E-state index contributed by atoms with van der Waals surface area (Å²) in [5.74, 6) is 0.633. The molecule has 0 spiro atoms. The van der Waals surface area contributed by atoms with Gasteiger partial charge in [-0.3, -0.25) is 9.78 Å². The molecule has 2 aliphatic carbocycles. The normalized spacial score (nSPS) is 24.4. The predicted molar refractivity (Wildman–Crippen MR) is 132 cm³/mol. The van der Waals surface area contributed by atoms with E-state index in [4.69, 9.17) is 0 Å². The minimum atomic E-state index is -0.191. The number of fused-ring (bicyclic) bond motifs is 3. The number of aliphatic hydroxyl groups is 1. The fraction of sp³-hybridized carbons (Fsp3) is 0.400. The second-order valence-corrected chi connectivity index (χ2v) is 10.1. The second kappa shape index (κ2) is 9.23. The Morgan fingerprint density at radius 1 is 1.09 bits per heavy atom. The van der Waals surface area contributed by atoms with Crippen molar-refractivity contribution >= 4 is 5.78 Å². The maximum atomic E-state index is 13.2. The summed E-state index contributed by atoms with van der Waals surface area (Å²) in [5.41, 5.74) is 6.87. The molecule has 1 heterocycles. The number of hydrogen-bond acceptors (Lipinski definition) is 3. The number of Topliss-reactive ketones (excluding diaryl/α,β-unsaturated/α-hetero) is 1. The summed E-state index contributed by atoms with van der Waals surface area (Å²) in [6.07, 6.45) is 8.96. The molecule has 2 aliphatic rings. The Morgan fingerprint density at radius 2 is 1.94 bits per heavy atom. The van der Waals surface area contributed by atoms with Crippen LogP contribution in [-0.4, -0.2) is 22.0 Å². The van der Waals surface area contributed by atoms with Gasteiger partial charge in [-0.25, -0.2) is 0 Å². The third-order valence-electron chi connectivity index (χ3n) is 8.05. The maximum absolute atomic E-state index is 13.2. The van der Waals surface area contributed by atoms with Crippen LogP contribution in [-0.2, 0) is 24.7 Å². The zero-order chi connectivity index (χ0) is 22.8. The summed E-state index contributed by atoms with van der Waals surface area (Å²) < 4.78 is 0. The molecule has 1 N–H and O–H groups in total. The number of carbonyl (C=O) groups is 1. The Balaban J connectivity index is 1.51. The van der Waals surface area contributed by atoms with Crippen molar-refractivity contribution in [2.45, 2.75) is 69.8 Å². The molecule has 33 heavy (non-hydrogen) atoms. The molecule has 0 saturated heterocycles. The molecule has 3 atom stereocenters. The minimum absolute atomic E-state index is 0.0356. The molecule has 0 radical (unpaired) electrons. The van der Waals surface area contributed by atoms with Crippen molar-refractivity contribution in [3.63, 3.8) is 0 Å². The highest BCUT2D eigenvalue weighted by molar-refractivity contribution is 5.97. The van der Waals surface area contributed by atoms with Crippen LogP contribution in [0.25, 0.3) is 0 Å². The van der Waals surface area contributed by atoms with Gasteiger partial charge in [0, 0.05) is 29.3 Å². The van der Waals surface area contributed by atoms with Crippen molar-refractivity contribution in [2.75, 3.05) is 0 Å². The largest absolute Gasteiger partial charge is 0.393 e. The van der Waals surface area contributed by atoms with Crippen molar-refractivity contribution in [3.05, 3.63) is 100 Å². The van der Waals surface area contributed by atoms with Gasteiger partial charge in [-0.15, -0.1) is 0 Å². The van der Waals surface area contributed by atoms with Crippen LogP contribution in [0.1, 0.15) is 70.4 Å². The third kappa shape index (κ3) is 4.39. The molecule has 0 aliphatic heterocycles.